The zero-order chi connectivity index (χ0) is 18.7. The van der Waals surface area contributed by atoms with E-state index in [4.69, 9.17) is 9.47 Å². The Bertz CT molecular complexity index is 528. The first kappa shape index (κ1) is 21.8. The van der Waals surface area contributed by atoms with Crippen LogP contribution in [0.25, 0.3) is 0 Å². The van der Waals surface area contributed by atoms with E-state index < -0.39 is 17.0 Å². The molecular formula is C19H31NO4S. The largest absolute Gasteiger partial charge is 0.465 e. The van der Waals surface area contributed by atoms with Crippen LogP contribution < -0.4 is 4.72 Å². The number of ether oxygens (including phenoxy) is 2. The number of rotatable bonds is 11. The number of carbonyl (C=O) groups is 1. The standard InChI is InChI=1S/C19H31NO4S/c1-5-24-18(21)17(19(2,3)4)20-25(22)14-10-9-13-23-15-16-11-7-6-8-12-16/h6-8,11-12,17,20H,5,9-10,13-15H2,1-4H3/t17-,25-/m1/s1. The van der Waals surface area contributed by atoms with E-state index in [0.717, 1.165) is 18.4 Å². The summed E-state index contributed by atoms with van der Waals surface area (Å²) in [5, 5.41) is 0. The van der Waals surface area contributed by atoms with Crippen molar-refractivity contribution >= 4 is 17.0 Å². The van der Waals surface area contributed by atoms with Crippen molar-refractivity contribution in [3.8, 4) is 0 Å². The van der Waals surface area contributed by atoms with E-state index in [1.165, 1.54) is 0 Å². The predicted molar refractivity (Wildman–Crippen MR) is 101 cm³/mol. The second-order valence-electron chi connectivity index (χ2n) is 6.96. The van der Waals surface area contributed by atoms with Gasteiger partial charge in [-0.25, -0.2) is 8.93 Å². The lowest BCUT2D eigenvalue weighted by molar-refractivity contribution is -0.147. The highest BCUT2D eigenvalue weighted by Gasteiger charge is 2.33. The van der Waals surface area contributed by atoms with E-state index >= 15 is 0 Å². The van der Waals surface area contributed by atoms with Gasteiger partial charge in [0.05, 0.1) is 24.2 Å². The van der Waals surface area contributed by atoms with E-state index in [1.54, 1.807) is 6.92 Å². The maximum atomic E-state index is 12.2. The molecule has 0 spiro atoms. The number of nitrogens with one attached hydrogen (secondary N) is 1. The monoisotopic (exact) mass is 369 g/mol. The van der Waals surface area contributed by atoms with Gasteiger partial charge in [-0.05, 0) is 30.7 Å². The van der Waals surface area contributed by atoms with Crippen LogP contribution in [-0.2, 0) is 31.9 Å². The van der Waals surface area contributed by atoms with Gasteiger partial charge in [0, 0.05) is 12.4 Å². The molecule has 1 aromatic rings. The molecule has 0 unspecified atom stereocenters. The van der Waals surface area contributed by atoms with Crippen LogP contribution in [0.3, 0.4) is 0 Å². The summed E-state index contributed by atoms with van der Waals surface area (Å²) in [6, 6.07) is 9.43. The number of unbranched alkanes of at least 4 members (excludes halogenated alkanes) is 1. The molecule has 0 aliphatic rings. The molecule has 25 heavy (non-hydrogen) atoms. The van der Waals surface area contributed by atoms with E-state index in [2.05, 4.69) is 4.72 Å². The van der Waals surface area contributed by atoms with Gasteiger partial charge >= 0.3 is 5.97 Å². The highest BCUT2D eigenvalue weighted by molar-refractivity contribution is 7.83. The Morgan fingerprint density at radius 1 is 1.20 bits per heavy atom. The third kappa shape index (κ3) is 9.14. The van der Waals surface area contributed by atoms with Crippen molar-refractivity contribution in [1.82, 2.24) is 4.72 Å². The predicted octanol–water partition coefficient (Wildman–Crippen LogP) is 3.21. The molecule has 1 rings (SSSR count). The number of hydrogen-bond donors (Lipinski definition) is 1. The first-order chi connectivity index (χ1) is 11.8. The average Bonchev–Trinajstić information content (AvgIpc) is 2.56. The summed E-state index contributed by atoms with van der Waals surface area (Å²) >= 11 is 0. The zero-order valence-electron chi connectivity index (χ0n) is 15.7. The fraction of sp³-hybridized carbons (Fsp3) is 0.632. The van der Waals surface area contributed by atoms with Gasteiger partial charge in [-0.3, -0.25) is 4.79 Å². The van der Waals surface area contributed by atoms with Crippen LogP contribution in [-0.4, -0.2) is 35.2 Å². The van der Waals surface area contributed by atoms with Crippen LogP contribution in [0.4, 0.5) is 0 Å². The molecular weight excluding hydrogens is 338 g/mol. The molecule has 1 N–H and O–H groups in total. The lowest BCUT2D eigenvalue weighted by Crippen LogP contribution is -2.48. The summed E-state index contributed by atoms with van der Waals surface area (Å²) in [4.78, 5) is 12.0. The number of benzene rings is 1. The smallest absolute Gasteiger partial charge is 0.324 e. The number of hydrogen-bond acceptors (Lipinski definition) is 4. The lowest BCUT2D eigenvalue weighted by Gasteiger charge is -2.28. The summed E-state index contributed by atoms with van der Waals surface area (Å²) < 4.78 is 25.8. The van der Waals surface area contributed by atoms with Gasteiger partial charge in [0.1, 0.15) is 6.04 Å². The van der Waals surface area contributed by atoms with Gasteiger partial charge in [0.15, 0.2) is 0 Å². The van der Waals surface area contributed by atoms with Crippen LogP contribution in [0, 0.1) is 5.41 Å². The lowest BCUT2D eigenvalue weighted by atomic mass is 9.87. The van der Waals surface area contributed by atoms with Crippen LogP contribution >= 0.6 is 0 Å². The Kier molecular flexibility index (Phi) is 9.93. The maximum Gasteiger partial charge on any atom is 0.324 e. The summed E-state index contributed by atoms with van der Waals surface area (Å²) in [6.07, 6.45) is 1.61. The molecule has 2 atom stereocenters. The molecule has 0 bridgehead atoms. The molecule has 0 saturated heterocycles. The van der Waals surface area contributed by atoms with Gasteiger partial charge in [0.25, 0.3) is 0 Å². The Labute approximate surface area is 154 Å². The van der Waals surface area contributed by atoms with Crippen LogP contribution in [0.5, 0.6) is 0 Å². The van der Waals surface area contributed by atoms with Crippen molar-refractivity contribution in [1.29, 1.82) is 0 Å². The zero-order valence-corrected chi connectivity index (χ0v) is 16.6. The molecule has 0 amide bonds. The topological polar surface area (TPSA) is 64.6 Å². The third-order valence-electron chi connectivity index (χ3n) is 3.62. The van der Waals surface area contributed by atoms with Crippen molar-refractivity contribution in [3.63, 3.8) is 0 Å². The van der Waals surface area contributed by atoms with E-state index in [0.29, 0.717) is 25.6 Å². The minimum Gasteiger partial charge on any atom is -0.465 e. The van der Waals surface area contributed by atoms with Crippen molar-refractivity contribution in [2.75, 3.05) is 19.0 Å². The molecule has 0 fully saturated rings. The van der Waals surface area contributed by atoms with Gasteiger partial charge < -0.3 is 9.47 Å². The van der Waals surface area contributed by atoms with Gasteiger partial charge in [-0.15, -0.1) is 0 Å². The highest BCUT2D eigenvalue weighted by Crippen LogP contribution is 2.21. The minimum absolute atomic E-state index is 0.318. The van der Waals surface area contributed by atoms with E-state index in [9.17, 15) is 9.00 Å². The van der Waals surface area contributed by atoms with Crippen LogP contribution in [0.15, 0.2) is 30.3 Å². The Morgan fingerprint density at radius 2 is 1.88 bits per heavy atom. The van der Waals surface area contributed by atoms with E-state index in [-0.39, 0.29) is 11.4 Å². The highest BCUT2D eigenvalue weighted by atomic mass is 32.2. The first-order valence-electron chi connectivity index (χ1n) is 8.77. The van der Waals surface area contributed by atoms with Gasteiger partial charge in [-0.1, -0.05) is 51.1 Å². The fourth-order valence-electron chi connectivity index (χ4n) is 2.20. The number of carbonyl (C=O) groups excluding carboxylic acids is 1. The molecule has 0 aromatic heterocycles. The second-order valence-corrected chi connectivity index (χ2v) is 8.30. The molecule has 0 aliphatic heterocycles. The number of esters is 1. The molecule has 5 nitrogen and oxygen atoms in total. The third-order valence-corrected chi connectivity index (χ3v) is 4.78. The molecule has 1 aromatic carbocycles. The summed E-state index contributed by atoms with van der Waals surface area (Å²) in [5.74, 6) is 0.135. The van der Waals surface area contributed by atoms with Crippen LogP contribution in [0.2, 0.25) is 0 Å². The quantitative estimate of drug-likeness (QED) is 0.480. The summed E-state index contributed by atoms with van der Waals surface area (Å²) in [7, 11) is -1.27. The van der Waals surface area contributed by atoms with Gasteiger partial charge in [-0.2, -0.15) is 0 Å². The van der Waals surface area contributed by atoms with Crippen molar-refractivity contribution in [2.24, 2.45) is 5.41 Å². The first-order valence-corrected chi connectivity index (χ1v) is 10.1. The average molecular weight is 370 g/mol. The molecule has 0 aliphatic carbocycles. The molecule has 0 heterocycles. The van der Waals surface area contributed by atoms with E-state index in [1.807, 2.05) is 51.1 Å². The minimum atomic E-state index is -1.27. The normalized spacial score (nSPS) is 14.1. The SMILES string of the molecule is CCOC(=O)[C@@H](N[S@](=O)CCCCOCc1ccccc1)C(C)(C)C. The Balaban J connectivity index is 2.25. The van der Waals surface area contributed by atoms with Gasteiger partial charge in [0.2, 0.25) is 0 Å². The second kappa shape index (κ2) is 11.4. The van der Waals surface area contributed by atoms with Crippen molar-refractivity contribution < 1.29 is 18.5 Å². The summed E-state index contributed by atoms with van der Waals surface area (Å²) in [6.45, 7) is 9.09. The molecule has 142 valence electrons. The maximum absolute atomic E-state index is 12.2. The Hall–Kier alpha value is -1.24. The van der Waals surface area contributed by atoms with Crippen molar-refractivity contribution in [2.45, 2.75) is 53.2 Å². The molecule has 0 saturated carbocycles. The van der Waals surface area contributed by atoms with Crippen molar-refractivity contribution in [3.05, 3.63) is 35.9 Å². The molecule has 6 heteroatoms. The van der Waals surface area contributed by atoms with Crippen LogP contribution in [0.1, 0.15) is 46.1 Å². The summed E-state index contributed by atoms with van der Waals surface area (Å²) in [5.41, 5.74) is 0.788. The Morgan fingerprint density at radius 3 is 2.48 bits per heavy atom. The molecule has 0 radical (unpaired) electrons. The fourth-order valence-corrected chi connectivity index (χ4v) is 3.49.